The molecule has 146 valence electrons. The third-order valence-electron chi connectivity index (χ3n) is 4.22. The fourth-order valence-corrected chi connectivity index (χ4v) is 2.82. The van der Waals surface area contributed by atoms with Crippen LogP contribution < -0.4 is 15.5 Å². The molecule has 1 fully saturated rings. The average molecular weight is 485 g/mol. The number of morpholine rings is 1. The second-order valence-electron chi connectivity index (χ2n) is 5.99. The number of halogens is 2. The molecule has 0 aliphatic carbocycles. The van der Waals surface area contributed by atoms with Gasteiger partial charge in [0.05, 0.1) is 13.2 Å². The van der Waals surface area contributed by atoms with E-state index in [1.807, 2.05) is 12.3 Å². The molecule has 2 N–H and O–H groups in total. The van der Waals surface area contributed by atoms with Crippen LogP contribution in [0.3, 0.4) is 0 Å². The van der Waals surface area contributed by atoms with Crippen LogP contribution in [0.4, 0.5) is 10.2 Å². The Morgan fingerprint density at radius 1 is 1.15 bits per heavy atom. The number of hydrogen-bond donors (Lipinski definition) is 2. The van der Waals surface area contributed by atoms with E-state index in [9.17, 15) is 4.39 Å². The summed E-state index contributed by atoms with van der Waals surface area (Å²) < 4.78 is 18.4. The van der Waals surface area contributed by atoms with Crippen LogP contribution >= 0.6 is 24.0 Å². The minimum absolute atomic E-state index is 0. The molecule has 3 rings (SSSR count). The lowest BCUT2D eigenvalue weighted by Crippen LogP contribution is -2.39. The molecular formula is C19H25FIN5O. The number of hydrogen-bond acceptors (Lipinski definition) is 4. The largest absolute Gasteiger partial charge is 0.378 e. The molecule has 0 bridgehead atoms. The lowest BCUT2D eigenvalue weighted by molar-refractivity contribution is 0.122. The molecule has 27 heavy (non-hydrogen) atoms. The number of anilines is 1. The van der Waals surface area contributed by atoms with Gasteiger partial charge in [0.1, 0.15) is 11.6 Å². The number of ether oxygens (including phenoxy) is 1. The molecule has 2 aromatic rings. The van der Waals surface area contributed by atoms with Crippen molar-refractivity contribution in [1.82, 2.24) is 15.6 Å². The highest BCUT2D eigenvalue weighted by Gasteiger charge is 2.15. The Morgan fingerprint density at radius 2 is 1.85 bits per heavy atom. The maximum atomic E-state index is 13.0. The summed E-state index contributed by atoms with van der Waals surface area (Å²) in [5.74, 6) is 1.44. The summed E-state index contributed by atoms with van der Waals surface area (Å²) >= 11 is 0. The topological polar surface area (TPSA) is 61.8 Å². The van der Waals surface area contributed by atoms with Crippen molar-refractivity contribution >= 4 is 35.8 Å². The molecule has 1 saturated heterocycles. The summed E-state index contributed by atoms with van der Waals surface area (Å²) in [6.45, 7) is 4.34. The van der Waals surface area contributed by atoms with Crippen LogP contribution in [0.15, 0.2) is 47.6 Å². The summed E-state index contributed by atoms with van der Waals surface area (Å²) in [6, 6.07) is 10.4. The first kappa shape index (κ1) is 21.4. The Bertz CT molecular complexity index is 735. The van der Waals surface area contributed by atoms with Crippen molar-refractivity contribution in [2.45, 2.75) is 13.1 Å². The molecule has 2 heterocycles. The first-order chi connectivity index (χ1) is 12.8. The number of benzene rings is 1. The van der Waals surface area contributed by atoms with Crippen molar-refractivity contribution in [2.24, 2.45) is 4.99 Å². The molecule has 1 aliphatic heterocycles. The highest BCUT2D eigenvalue weighted by atomic mass is 127. The Balaban J connectivity index is 0.00000261. The SMILES string of the molecule is CN=C(NCc1ccc(F)cc1)NCc1cccnc1N1CCOCC1.I. The predicted octanol–water partition coefficient (Wildman–Crippen LogP) is 2.54. The van der Waals surface area contributed by atoms with Gasteiger partial charge in [0.15, 0.2) is 5.96 Å². The van der Waals surface area contributed by atoms with E-state index in [0.717, 1.165) is 43.2 Å². The molecule has 0 radical (unpaired) electrons. The fourth-order valence-electron chi connectivity index (χ4n) is 2.82. The van der Waals surface area contributed by atoms with Crippen LogP contribution in [-0.2, 0) is 17.8 Å². The van der Waals surface area contributed by atoms with Crippen molar-refractivity contribution in [3.63, 3.8) is 0 Å². The van der Waals surface area contributed by atoms with Gasteiger partial charge in [0.25, 0.3) is 0 Å². The zero-order valence-electron chi connectivity index (χ0n) is 15.3. The van der Waals surface area contributed by atoms with E-state index < -0.39 is 0 Å². The summed E-state index contributed by atoms with van der Waals surface area (Å²) in [5, 5.41) is 6.55. The van der Waals surface area contributed by atoms with Gasteiger partial charge < -0.3 is 20.3 Å². The molecule has 0 unspecified atom stereocenters. The van der Waals surface area contributed by atoms with Crippen molar-refractivity contribution in [2.75, 3.05) is 38.3 Å². The van der Waals surface area contributed by atoms with Crippen molar-refractivity contribution in [3.8, 4) is 0 Å². The van der Waals surface area contributed by atoms with Crippen LogP contribution in [0.2, 0.25) is 0 Å². The quantitative estimate of drug-likeness (QED) is 0.388. The zero-order chi connectivity index (χ0) is 18.2. The molecule has 0 amide bonds. The second kappa shape index (κ2) is 11.0. The van der Waals surface area contributed by atoms with Crippen LogP contribution in [0, 0.1) is 5.82 Å². The maximum absolute atomic E-state index is 13.0. The Morgan fingerprint density at radius 3 is 2.56 bits per heavy atom. The Kier molecular flexibility index (Phi) is 8.73. The van der Waals surface area contributed by atoms with E-state index in [0.29, 0.717) is 19.0 Å². The zero-order valence-corrected chi connectivity index (χ0v) is 17.7. The first-order valence-corrected chi connectivity index (χ1v) is 8.72. The standard InChI is InChI=1S/C19H24FN5O.HI/c1-21-19(23-13-15-4-6-17(20)7-5-15)24-14-16-3-2-8-22-18(16)25-9-11-26-12-10-25;/h2-8H,9-14H2,1H3,(H2,21,23,24);1H. The summed E-state index contributed by atoms with van der Waals surface area (Å²) in [4.78, 5) is 11.0. The number of aromatic nitrogens is 1. The van der Waals surface area contributed by atoms with Crippen LogP contribution in [-0.4, -0.2) is 44.3 Å². The monoisotopic (exact) mass is 485 g/mol. The van der Waals surface area contributed by atoms with Gasteiger partial charge in [-0.15, -0.1) is 24.0 Å². The van der Waals surface area contributed by atoms with Crippen molar-refractivity contribution in [1.29, 1.82) is 0 Å². The second-order valence-corrected chi connectivity index (χ2v) is 5.99. The number of nitrogens with one attached hydrogen (secondary N) is 2. The normalized spacial score (nSPS) is 14.4. The van der Waals surface area contributed by atoms with E-state index >= 15 is 0 Å². The molecular weight excluding hydrogens is 460 g/mol. The maximum Gasteiger partial charge on any atom is 0.191 e. The summed E-state index contributed by atoms with van der Waals surface area (Å²) in [7, 11) is 1.73. The molecule has 6 nitrogen and oxygen atoms in total. The van der Waals surface area contributed by atoms with Gasteiger partial charge in [-0.3, -0.25) is 4.99 Å². The van der Waals surface area contributed by atoms with Crippen molar-refractivity contribution < 1.29 is 9.13 Å². The molecule has 1 aromatic heterocycles. The minimum Gasteiger partial charge on any atom is -0.378 e. The molecule has 1 aromatic carbocycles. The first-order valence-electron chi connectivity index (χ1n) is 8.72. The Hall–Kier alpha value is -1.94. The third kappa shape index (κ3) is 6.31. The molecule has 0 spiro atoms. The van der Waals surface area contributed by atoms with Crippen LogP contribution in [0.25, 0.3) is 0 Å². The van der Waals surface area contributed by atoms with Gasteiger partial charge in [0.2, 0.25) is 0 Å². The number of aliphatic imine (C=N–C) groups is 1. The van der Waals surface area contributed by atoms with Gasteiger partial charge in [0, 0.05) is 45.0 Å². The molecule has 0 saturated carbocycles. The summed E-state index contributed by atoms with van der Waals surface area (Å²) in [5.41, 5.74) is 2.10. The smallest absolute Gasteiger partial charge is 0.191 e. The summed E-state index contributed by atoms with van der Waals surface area (Å²) in [6.07, 6.45) is 1.82. The van der Waals surface area contributed by atoms with E-state index in [1.165, 1.54) is 12.1 Å². The van der Waals surface area contributed by atoms with Crippen molar-refractivity contribution in [3.05, 3.63) is 59.5 Å². The van der Waals surface area contributed by atoms with E-state index in [-0.39, 0.29) is 29.8 Å². The average Bonchev–Trinajstić information content (AvgIpc) is 2.70. The Labute approximate surface area is 176 Å². The van der Waals surface area contributed by atoms with E-state index in [4.69, 9.17) is 4.74 Å². The lowest BCUT2D eigenvalue weighted by Gasteiger charge is -2.29. The predicted molar refractivity (Wildman–Crippen MR) is 116 cm³/mol. The fraction of sp³-hybridized carbons (Fsp3) is 0.368. The highest BCUT2D eigenvalue weighted by Crippen LogP contribution is 2.18. The number of nitrogens with zero attached hydrogens (tertiary/aromatic N) is 3. The van der Waals surface area contributed by atoms with Gasteiger partial charge in [-0.25, -0.2) is 9.37 Å². The number of pyridine rings is 1. The van der Waals surface area contributed by atoms with Gasteiger partial charge in [-0.1, -0.05) is 18.2 Å². The van der Waals surface area contributed by atoms with Gasteiger partial charge in [-0.05, 0) is 23.8 Å². The van der Waals surface area contributed by atoms with E-state index in [2.05, 4.69) is 31.6 Å². The minimum atomic E-state index is -0.233. The molecule has 1 aliphatic rings. The van der Waals surface area contributed by atoms with Gasteiger partial charge in [-0.2, -0.15) is 0 Å². The van der Waals surface area contributed by atoms with E-state index in [1.54, 1.807) is 19.2 Å². The number of guanidine groups is 1. The van der Waals surface area contributed by atoms with Gasteiger partial charge >= 0.3 is 0 Å². The highest BCUT2D eigenvalue weighted by molar-refractivity contribution is 14.0. The van der Waals surface area contributed by atoms with Crippen LogP contribution in [0.1, 0.15) is 11.1 Å². The lowest BCUT2D eigenvalue weighted by atomic mass is 10.2. The molecule has 8 heteroatoms. The van der Waals surface area contributed by atoms with Crippen LogP contribution in [0.5, 0.6) is 0 Å². The third-order valence-corrected chi connectivity index (χ3v) is 4.22. The number of rotatable bonds is 5. The molecule has 0 atom stereocenters.